The average molecular weight is 312 g/mol. The molecule has 1 saturated heterocycles. The minimum Gasteiger partial charge on any atom is -0.416 e. The van der Waals surface area contributed by atoms with Gasteiger partial charge in [-0.1, -0.05) is 11.8 Å². The maximum absolute atomic E-state index is 5.62. The third-order valence-corrected chi connectivity index (χ3v) is 4.62. The third-order valence-electron chi connectivity index (χ3n) is 2.84. The summed E-state index contributed by atoms with van der Waals surface area (Å²) in [5.41, 5.74) is 0.979. The zero-order valence-corrected chi connectivity index (χ0v) is 12.8. The molecule has 2 aromatic heterocycles. The van der Waals surface area contributed by atoms with E-state index >= 15 is 0 Å². The molecule has 3 heterocycles. The second kappa shape index (κ2) is 6.66. The van der Waals surface area contributed by atoms with Crippen LogP contribution in [0.2, 0.25) is 0 Å². The van der Waals surface area contributed by atoms with Gasteiger partial charge < -0.3 is 14.5 Å². The van der Waals surface area contributed by atoms with Crippen LogP contribution in [-0.4, -0.2) is 46.7 Å². The first-order valence-corrected chi connectivity index (χ1v) is 8.34. The Kier molecular flexibility index (Phi) is 4.66. The predicted molar refractivity (Wildman–Crippen MR) is 77.3 cm³/mol. The number of thiazole rings is 1. The van der Waals surface area contributed by atoms with Crippen molar-refractivity contribution in [2.24, 2.45) is 0 Å². The van der Waals surface area contributed by atoms with Crippen LogP contribution in [-0.2, 0) is 11.2 Å². The Hall–Kier alpha value is -0.960. The van der Waals surface area contributed by atoms with Crippen LogP contribution in [0.4, 0.5) is 0 Å². The smallest absolute Gasteiger partial charge is 0.276 e. The summed E-state index contributed by atoms with van der Waals surface area (Å²) in [6, 6.07) is 0. The second-order valence-electron chi connectivity index (χ2n) is 4.50. The summed E-state index contributed by atoms with van der Waals surface area (Å²) in [4.78, 5) is 4.39. The van der Waals surface area contributed by atoms with Gasteiger partial charge in [-0.15, -0.1) is 21.5 Å². The Labute approximate surface area is 125 Å². The number of nitrogens with zero attached hydrogens (tertiary/aromatic N) is 3. The summed E-state index contributed by atoms with van der Waals surface area (Å²) >= 11 is 3.17. The van der Waals surface area contributed by atoms with Gasteiger partial charge in [0, 0.05) is 24.2 Å². The van der Waals surface area contributed by atoms with E-state index < -0.39 is 0 Å². The molecule has 8 heteroatoms. The molecule has 0 amide bonds. The number of hydrogen-bond donors (Lipinski definition) is 1. The first kappa shape index (κ1) is 14.0. The van der Waals surface area contributed by atoms with Crippen LogP contribution in [0.3, 0.4) is 0 Å². The molecule has 0 unspecified atom stereocenters. The van der Waals surface area contributed by atoms with Crippen LogP contribution in [0, 0.1) is 6.92 Å². The lowest BCUT2D eigenvalue weighted by atomic mass is 10.3. The second-order valence-corrected chi connectivity index (χ2v) is 6.54. The van der Waals surface area contributed by atoms with Crippen LogP contribution in [0.15, 0.2) is 15.0 Å². The van der Waals surface area contributed by atoms with E-state index in [1.807, 2.05) is 12.3 Å². The van der Waals surface area contributed by atoms with E-state index in [0.717, 1.165) is 36.2 Å². The van der Waals surface area contributed by atoms with Crippen LogP contribution in [0.25, 0.3) is 0 Å². The van der Waals surface area contributed by atoms with Crippen LogP contribution >= 0.6 is 23.1 Å². The van der Waals surface area contributed by atoms with Crippen LogP contribution < -0.4 is 5.32 Å². The van der Waals surface area contributed by atoms with Gasteiger partial charge in [-0.3, -0.25) is 0 Å². The Morgan fingerprint density at radius 1 is 1.50 bits per heavy atom. The molecule has 6 nitrogen and oxygen atoms in total. The standard InChI is InChI=1S/C12H16N4O2S2/c1-8-14-9(6-19-8)4-11-15-16-12(18-11)20-7-10-5-13-2-3-17-10/h6,10,13H,2-5,7H2,1H3/t10-/m0/s1. The lowest BCUT2D eigenvalue weighted by molar-refractivity contribution is 0.0439. The van der Waals surface area contributed by atoms with E-state index in [1.165, 1.54) is 0 Å². The van der Waals surface area contributed by atoms with Crippen LogP contribution in [0.1, 0.15) is 16.6 Å². The summed E-state index contributed by atoms with van der Waals surface area (Å²) < 4.78 is 11.2. The van der Waals surface area contributed by atoms with Crippen molar-refractivity contribution in [3.8, 4) is 0 Å². The van der Waals surface area contributed by atoms with Gasteiger partial charge >= 0.3 is 0 Å². The SMILES string of the molecule is Cc1nc(Cc2nnc(SC[C@@H]3CNCCO3)o2)cs1. The van der Waals surface area contributed by atoms with Crippen LogP contribution in [0.5, 0.6) is 0 Å². The topological polar surface area (TPSA) is 73.1 Å². The van der Waals surface area contributed by atoms with Crippen molar-refractivity contribution < 1.29 is 9.15 Å². The van der Waals surface area contributed by atoms with Gasteiger partial charge in [-0.25, -0.2) is 4.98 Å². The highest BCUT2D eigenvalue weighted by Gasteiger charge is 2.16. The Morgan fingerprint density at radius 2 is 2.45 bits per heavy atom. The quantitative estimate of drug-likeness (QED) is 0.839. The Bertz CT molecular complexity index is 551. The van der Waals surface area contributed by atoms with E-state index in [1.54, 1.807) is 23.1 Å². The van der Waals surface area contributed by atoms with Gasteiger partial charge in [0.25, 0.3) is 5.22 Å². The van der Waals surface area contributed by atoms with Crippen molar-refractivity contribution in [3.05, 3.63) is 22.0 Å². The molecule has 1 aliphatic rings. The predicted octanol–water partition coefficient (Wildman–Crippen LogP) is 1.51. The fourth-order valence-corrected chi connectivity index (χ4v) is 3.31. The van der Waals surface area contributed by atoms with Crippen molar-refractivity contribution in [2.45, 2.75) is 24.7 Å². The van der Waals surface area contributed by atoms with Crippen molar-refractivity contribution >= 4 is 23.1 Å². The molecule has 1 fully saturated rings. The van der Waals surface area contributed by atoms with Gasteiger partial charge in [-0.2, -0.15) is 0 Å². The number of rotatable bonds is 5. The molecule has 1 atom stereocenters. The molecule has 108 valence electrons. The van der Waals surface area contributed by atoms with Crippen molar-refractivity contribution in [2.75, 3.05) is 25.4 Å². The molecule has 0 aliphatic carbocycles. The molecule has 0 saturated carbocycles. The molecular weight excluding hydrogens is 296 g/mol. The Balaban J connectivity index is 1.51. The van der Waals surface area contributed by atoms with E-state index in [-0.39, 0.29) is 6.10 Å². The van der Waals surface area contributed by atoms with E-state index in [4.69, 9.17) is 9.15 Å². The highest BCUT2D eigenvalue weighted by Crippen LogP contribution is 2.20. The third kappa shape index (κ3) is 3.78. The van der Waals surface area contributed by atoms with Gasteiger partial charge in [0.05, 0.1) is 29.8 Å². The number of nitrogens with one attached hydrogen (secondary N) is 1. The van der Waals surface area contributed by atoms with E-state index in [2.05, 4.69) is 20.5 Å². The highest BCUT2D eigenvalue weighted by molar-refractivity contribution is 7.99. The molecule has 3 rings (SSSR count). The number of ether oxygens (including phenoxy) is 1. The largest absolute Gasteiger partial charge is 0.416 e. The lowest BCUT2D eigenvalue weighted by Crippen LogP contribution is -2.39. The fraction of sp³-hybridized carbons (Fsp3) is 0.583. The minimum atomic E-state index is 0.213. The molecule has 1 N–H and O–H groups in total. The summed E-state index contributed by atoms with van der Waals surface area (Å²) in [7, 11) is 0. The maximum Gasteiger partial charge on any atom is 0.276 e. The maximum atomic E-state index is 5.62. The molecule has 2 aromatic rings. The number of aromatic nitrogens is 3. The molecule has 0 bridgehead atoms. The van der Waals surface area contributed by atoms with E-state index in [0.29, 0.717) is 17.5 Å². The number of morpholine rings is 1. The van der Waals surface area contributed by atoms with Crippen molar-refractivity contribution in [1.82, 2.24) is 20.5 Å². The molecule has 0 aromatic carbocycles. The molecule has 1 aliphatic heterocycles. The Morgan fingerprint density at radius 3 is 3.20 bits per heavy atom. The summed E-state index contributed by atoms with van der Waals surface area (Å²) in [6.45, 7) is 4.57. The fourth-order valence-electron chi connectivity index (χ4n) is 1.90. The number of thioether (sulfide) groups is 1. The van der Waals surface area contributed by atoms with Gasteiger partial charge in [0.1, 0.15) is 0 Å². The molecular formula is C12H16N4O2S2. The zero-order valence-electron chi connectivity index (χ0n) is 11.2. The first-order valence-electron chi connectivity index (χ1n) is 6.48. The molecule has 0 spiro atoms. The number of hydrogen-bond acceptors (Lipinski definition) is 8. The summed E-state index contributed by atoms with van der Waals surface area (Å²) in [5.74, 6) is 1.44. The monoisotopic (exact) mass is 312 g/mol. The summed E-state index contributed by atoms with van der Waals surface area (Å²) in [6.07, 6.45) is 0.810. The van der Waals surface area contributed by atoms with Crippen molar-refractivity contribution in [3.63, 3.8) is 0 Å². The van der Waals surface area contributed by atoms with Gasteiger partial charge in [0.2, 0.25) is 5.89 Å². The normalized spacial score (nSPS) is 19.4. The highest BCUT2D eigenvalue weighted by atomic mass is 32.2. The first-order chi connectivity index (χ1) is 9.79. The minimum absolute atomic E-state index is 0.213. The zero-order chi connectivity index (χ0) is 13.8. The molecule has 0 radical (unpaired) electrons. The van der Waals surface area contributed by atoms with Gasteiger partial charge in [-0.05, 0) is 6.92 Å². The van der Waals surface area contributed by atoms with Crippen molar-refractivity contribution in [1.29, 1.82) is 0 Å². The van der Waals surface area contributed by atoms with E-state index in [9.17, 15) is 0 Å². The summed E-state index contributed by atoms with van der Waals surface area (Å²) in [5, 5.41) is 15.1. The molecule has 20 heavy (non-hydrogen) atoms. The number of aryl methyl sites for hydroxylation is 1. The van der Waals surface area contributed by atoms with Gasteiger partial charge in [0.15, 0.2) is 0 Å². The lowest BCUT2D eigenvalue weighted by Gasteiger charge is -2.22. The average Bonchev–Trinajstić information content (AvgIpc) is 3.08.